The van der Waals surface area contributed by atoms with Crippen molar-refractivity contribution in [2.24, 2.45) is 0 Å². The molecule has 0 aliphatic heterocycles. The van der Waals surface area contributed by atoms with Gasteiger partial charge in [-0.2, -0.15) is 0 Å². The third-order valence-corrected chi connectivity index (χ3v) is 8.02. The lowest BCUT2D eigenvalue weighted by atomic mass is 10.0. The van der Waals surface area contributed by atoms with Gasteiger partial charge in [0.25, 0.3) is 5.91 Å². The number of rotatable bonds is 7. The standard InChI is InChI=1S/C29H21ClFN3O5S/c1-16-7-3-4-8-19(16)15-40(37,38)29-32-14-21(30)25(34-29)28(36)33-24-20-9-5-6-10-23(20)39-27(24)26(35)18-12-11-17(2)22(31)13-18/h3-14H,15H2,1-2H3,(H,33,36). The molecule has 0 radical (unpaired) electrons. The van der Waals surface area contributed by atoms with Crippen LogP contribution in [-0.4, -0.2) is 30.1 Å². The summed E-state index contributed by atoms with van der Waals surface area (Å²) in [7, 11) is -4.04. The van der Waals surface area contributed by atoms with Crippen molar-refractivity contribution in [3.63, 3.8) is 0 Å². The number of sulfone groups is 1. The summed E-state index contributed by atoms with van der Waals surface area (Å²) in [4.78, 5) is 34.5. The van der Waals surface area contributed by atoms with Gasteiger partial charge in [-0.25, -0.2) is 22.8 Å². The Hall–Kier alpha value is -4.41. The van der Waals surface area contributed by atoms with E-state index in [1.165, 1.54) is 12.1 Å². The molecule has 11 heteroatoms. The minimum Gasteiger partial charge on any atom is -0.450 e. The van der Waals surface area contributed by atoms with Crippen molar-refractivity contribution in [3.8, 4) is 0 Å². The van der Waals surface area contributed by atoms with Crippen LogP contribution in [0.15, 0.2) is 82.5 Å². The summed E-state index contributed by atoms with van der Waals surface area (Å²) >= 11 is 6.20. The molecule has 0 fully saturated rings. The molecule has 0 bridgehead atoms. The van der Waals surface area contributed by atoms with Crippen LogP contribution < -0.4 is 5.32 Å². The summed E-state index contributed by atoms with van der Waals surface area (Å²) < 4.78 is 46.1. The fraction of sp³-hybridized carbons (Fsp3) is 0.103. The first kappa shape index (κ1) is 27.2. The second-order valence-electron chi connectivity index (χ2n) is 9.08. The SMILES string of the molecule is Cc1ccc(C(=O)c2oc3ccccc3c2NC(=O)c2nc(S(=O)(=O)Cc3ccccc3C)ncc2Cl)cc1F. The number of hydrogen-bond donors (Lipinski definition) is 1. The van der Waals surface area contributed by atoms with Gasteiger partial charge in [0.1, 0.15) is 11.4 Å². The summed E-state index contributed by atoms with van der Waals surface area (Å²) in [5, 5.41) is 2.21. The van der Waals surface area contributed by atoms with E-state index in [1.807, 2.05) is 0 Å². The van der Waals surface area contributed by atoms with Gasteiger partial charge in [0.2, 0.25) is 20.8 Å². The van der Waals surface area contributed by atoms with Crippen LogP contribution in [0.3, 0.4) is 0 Å². The van der Waals surface area contributed by atoms with Crippen LogP contribution in [0.25, 0.3) is 11.0 Å². The van der Waals surface area contributed by atoms with Crippen molar-refractivity contribution < 1.29 is 26.8 Å². The van der Waals surface area contributed by atoms with Gasteiger partial charge in [-0.05, 0) is 48.7 Å². The average Bonchev–Trinajstić information content (AvgIpc) is 3.29. The Morgan fingerprint density at radius 2 is 1.73 bits per heavy atom. The minimum absolute atomic E-state index is 0.00517. The summed E-state index contributed by atoms with van der Waals surface area (Å²) in [6.45, 7) is 3.35. The molecule has 3 aromatic carbocycles. The summed E-state index contributed by atoms with van der Waals surface area (Å²) in [5.41, 5.74) is 1.60. The first-order valence-corrected chi connectivity index (χ1v) is 14.0. The maximum atomic E-state index is 14.2. The molecule has 2 aromatic heterocycles. The third-order valence-electron chi connectivity index (χ3n) is 6.30. The van der Waals surface area contributed by atoms with Crippen LogP contribution in [-0.2, 0) is 15.6 Å². The molecule has 5 aromatic rings. The number of nitrogens with zero attached hydrogens (tertiary/aromatic N) is 2. The number of amides is 1. The van der Waals surface area contributed by atoms with E-state index in [0.717, 1.165) is 17.8 Å². The van der Waals surface area contributed by atoms with Crippen molar-refractivity contribution in [1.29, 1.82) is 0 Å². The number of aromatic nitrogens is 2. The van der Waals surface area contributed by atoms with Crippen molar-refractivity contribution in [2.75, 3.05) is 5.32 Å². The molecule has 202 valence electrons. The number of carbonyl (C=O) groups is 2. The van der Waals surface area contributed by atoms with E-state index in [1.54, 1.807) is 62.4 Å². The first-order valence-electron chi connectivity index (χ1n) is 12.0. The van der Waals surface area contributed by atoms with E-state index in [9.17, 15) is 22.4 Å². The minimum atomic E-state index is -4.04. The number of hydrogen-bond acceptors (Lipinski definition) is 7. The normalized spacial score (nSPS) is 11.5. The van der Waals surface area contributed by atoms with Gasteiger partial charge in [-0.1, -0.05) is 60.1 Å². The quantitative estimate of drug-likeness (QED) is 0.184. The van der Waals surface area contributed by atoms with Gasteiger partial charge >= 0.3 is 0 Å². The Morgan fingerprint density at radius 3 is 2.48 bits per heavy atom. The molecule has 5 rings (SSSR count). The second-order valence-corrected chi connectivity index (χ2v) is 11.4. The van der Waals surface area contributed by atoms with Crippen LogP contribution in [0.2, 0.25) is 5.02 Å². The van der Waals surface area contributed by atoms with Gasteiger partial charge in [0.05, 0.1) is 22.7 Å². The summed E-state index contributed by atoms with van der Waals surface area (Å²) in [6, 6.07) is 17.6. The number of furan rings is 1. The molecule has 0 unspecified atom stereocenters. The zero-order chi connectivity index (χ0) is 28.6. The lowest BCUT2D eigenvalue weighted by Gasteiger charge is -2.10. The van der Waals surface area contributed by atoms with Crippen molar-refractivity contribution in [2.45, 2.75) is 24.8 Å². The maximum Gasteiger partial charge on any atom is 0.276 e. The van der Waals surface area contributed by atoms with Crippen LogP contribution >= 0.6 is 11.6 Å². The Morgan fingerprint density at radius 1 is 1.00 bits per heavy atom. The molecule has 0 saturated heterocycles. The highest BCUT2D eigenvalue weighted by Gasteiger charge is 2.27. The smallest absolute Gasteiger partial charge is 0.276 e. The number of ketones is 1. The highest BCUT2D eigenvalue weighted by Crippen LogP contribution is 2.33. The van der Waals surface area contributed by atoms with E-state index in [4.69, 9.17) is 16.0 Å². The highest BCUT2D eigenvalue weighted by atomic mass is 35.5. The number of nitrogens with one attached hydrogen (secondary N) is 1. The molecule has 8 nitrogen and oxygen atoms in total. The molecule has 40 heavy (non-hydrogen) atoms. The first-order chi connectivity index (χ1) is 19.0. The Labute approximate surface area is 233 Å². The number of anilines is 1. The number of halogens is 2. The zero-order valence-corrected chi connectivity index (χ0v) is 22.8. The fourth-order valence-corrected chi connectivity index (χ4v) is 5.55. The predicted octanol–water partition coefficient (Wildman–Crippen LogP) is 6.09. The maximum absolute atomic E-state index is 14.2. The fourth-order valence-electron chi connectivity index (χ4n) is 4.07. The molecular weight excluding hydrogens is 557 g/mol. The molecule has 1 amide bonds. The van der Waals surface area contributed by atoms with Crippen LogP contribution in [0.1, 0.15) is 43.3 Å². The van der Waals surface area contributed by atoms with Crippen LogP contribution in [0.5, 0.6) is 0 Å². The number of carbonyl (C=O) groups excluding carboxylic acids is 2. The van der Waals surface area contributed by atoms with Gasteiger partial charge < -0.3 is 9.73 Å². The Balaban J connectivity index is 1.52. The van der Waals surface area contributed by atoms with Crippen molar-refractivity contribution in [3.05, 3.63) is 117 Å². The van der Waals surface area contributed by atoms with E-state index in [2.05, 4.69) is 15.3 Å². The van der Waals surface area contributed by atoms with Crippen LogP contribution in [0.4, 0.5) is 10.1 Å². The summed E-state index contributed by atoms with van der Waals surface area (Å²) in [6.07, 6.45) is 1.03. The van der Waals surface area contributed by atoms with Gasteiger partial charge in [-0.3, -0.25) is 9.59 Å². The lowest BCUT2D eigenvalue weighted by molar-refractivity contribution is 0.101. The molecule has 0 spiro atoms. The second kappa shape index (κ2) is 10.6. The number of benzene rings is 3. The Kier molecular flexibility index (Phi) is 7.22. The molecule has 0 aliphatic rings. The van der Waals surface area contributed by atoms with Gasteiger partial charge in [0.15, 0.2) is 11.5 Å². The van der Waals surface area contributed by atoms with Gasteiger partial charge in [0, 0.05) is 10.9 Å². The van der Waals surface area contributed by atoms with Crippen molar-refractivity contribution >= 4 is 49.8 Å². The summed E-state index contributed by atoms with van der Waals surface area (Å²) in [5.74, 6) is -2.74. The zero-order valence-electron chi connectivity index (χ0n) is 21.2. The van der Waals surface area contributed by atoms with E-state index in [0.29, 0.717) is 22.1 Å². The van der Waals surface area contributed by atoms with Crippen LogP contribution in [0, 0.1) is 19.7 Å². The number of para-hydroxylation sites is 1. The van der Waals surface area contributed by atoms with Crippen molar-refractivity contribution in [1.82, 2.24) is 9.97 Å². The highest BCUT2D eigenvalue weighted by molar-refractivity contribution is 7.90. The molecule has 1 N–H and O–H groups in total. The number of fused-ring (bicyclic) bond motifs is 1. The largest absolute Gasteiger partial charge is 0.450 e. The third kappa shape index (κ3) is 5.23. The van der Waals surface area contributed by atoms with Gasteiger partial charge in [-0.15, -0.1) is 0 Å². The lowest BCUT2D eigenvalue weighted by Crippen LogP contribution is -2.19. The average molecular weight is 578 g/mol. The van der Waals surface area contributed by atoms with E-state index < -0.39 is 38.2 Å². The number of aryl methyl sites for hydroxylation is 2. The van der Waals surface area contributed by atoms with E-state index in [-0.39, 0.29) is 27.8 Å². The predicted molar refractivity (Wildman–Crippen MR) is 148 cm³/mol. The molecule has 2 heterocycles. The molecule has 0 aliphatic carbocycles. The van der Waals surface area contributed by atoms with E-state index >= 15 is 0 Å². The topological polar surface area (TPSA) is 119 Å². The Bertz CT molecular complexity index is 1920. The molecule has 0 saturated carbocycles. The monoisotopic (exact) mass is 577 g/mol. The molecular formula is C29H21ClFN3O5S. The molecule has 0 atom stereocenters.